The van der Waals surface area contributed by atoms with Crippen molar-refractivity contribution in [2.24, 2.45) is 4.99 Å². The smallest absolute Gasteiger partial charge is 0.274 e. The van der Waals surface area contributed by atoms with Crippen LogP contribution in [0.4, 0.5) is 5.82 Å². The van der Waals surface area contributed by atoms with Crippen LogP contribution in [0.15, 0.2) is 47.6 Å². The maximum atomic E-state index is 12.0. The van der Waals surface area contributed by atoms with E-state index in [1.54, 1.807) is 25.4 Å². The third-order valence-electron chi connectivity index (χ3n) is 2.68. The molecule has 5 heteroatoms. The third-order valence-corrected chi connectivity index (χ3v) is 2.68. The van der Waals surface area contributed by atoms with Crippen molar-refractivity contribution in [3.63, 3.8) is 0 Å². The highest BCUT2D eigenvalue weighted by Crippen LogP contribution is 2.12. The second kappa shape index (κ2) is 6.56. The van der Waals surface area contributed by atoms with Crippen molar-refractivity contribution in [2.75, 3.05) is 12.4 Å². The zero-order valence-electron chi connectivity index (χ0n) is 11.5. The van der Waals surface area contributed by atoms with E-state index in [0.29, 0.717) is 11.5 Å². The number of carbonyl (C=O) groups excluding carboxylic acids is 1. The van der Waals surface area contributed by atoms with E-state index in [9.17, 15) is 4.79 Å². The lowest BCUT2D eigenvalue weighted by Crippen LogP contribution is -2.21. The monoisotopic (exact) mass is 268 g/mol. The number of rotatable bonds is 4. The Labute approximate surface area is 117 Å². The highest BCUT2D eigenvalue weighted by atomic mass is 16.1. The van der Waals surface area contributed by atoms with Gasteiger partial charge >= 0.3 is 0 Å². The summed E-state index contributed by atoms with van der Waals surface area (Å²) < 4.78 is 0. The molecule has 5 nitrogen and oxygen atoms in total. The van der Waals surface area contributed by atoms with Gasteiger partial charge in [0.2, 0.25) is 0 Å². The first-order chi connectivity index (χ1) is 9.74. The van der Waals surface area contributed by atoms with Crippen molar-refractivity contribution in [2.45, 2.75) is 13.3 Å². The van der Waals surface area contributed by atoms with Gasteiger partial charge in [0.15, 0.2) is 0 Å². The first-order valence-electron chi connectivity index (χ1n) is 6.41. The average Bonchev–Trinajstić information content (AvgIpc) is 2.48. The summed E-state index contributed by atoms with van der Waals surface area (Å²) in [6.45, 7) is 2.00. The molecule has 0 aliphatic rings. The number of amides is 1. The number of nitrogens with zero attached hydrogens (tertiary/aromatic N) is 3. The lowest BCUT2D eigenvalue weighted by atomic mass is 10.2. The molecule has 0 radical (unpaired) electrons. The fourth-order valence-corrected chi connectivity index (χ4v) is 1.69. The van der Waals surface area contributed by atoms with E-state index in [2.05, 4.69) is 20.3 Å². The summed E-state index contributed by atoms with van der Waals surface area (Å²) >= 11 is 0. The Morgan fingerprint density at radius 2 is 2.20 bits per heavy atom. The van der Waals surface area contributed by atoms with E-state index in [0.717, 1.165) is 17.5 Å². The number of aliphatic imine (C=N–C) groups is 1. The Hall–Kier alpha value is -2.56. The van der Waals surface area contributed by atoms with Crippen LogP contribution in [0.2, 0.25) is 0 Å². The molecule has 0 aliphatic heterocycles. The molecule has 0 bridgehead atoms. The highest BCUT2D eigenvalue weighted by molar-refractivity contribution is 6.47. The molecule has 2 aromatic rings. The number of allylic oxidation sites excluding steroid dienone is 1. The molecular formula is C15H16N4O. The number of nitrogens with one attached hydrogen (secondary N) is 1. The second-order valence-corrected chi connectivity index (χ2v) is 4.11. The van der Waals surface area contributed by atoms with Gasteiger partial charge in [0.1, 0.15) is 11.5 Å². The van der Waals surface area contributed by atoms with Gasteiger partial charge < -0.3 is 5.32 Å². The maximum Gasteiger partial charge on any atom is 0.274 e. The van der Waals surface area contributed by atoms with Crippen molar-refractivity contribution in [3.8, 4) is 0 Å². The number of aromatic nitrogens is 2. The van der Waals surface area contributed by atoms with Gasteiger partial charge in [-0.25, -0.2) is 4.98 Å². The van der Waals surface area contributed by atoms with Crippen LogP contribution in [0.3, 0.4) is 0 Å². The molecule has 2 heterocycles. The number of fused-ring (bicyclic) bond motifs is 1. The maximum absolute atomic E-state index is 12.0. The molecule has 2 aromatic heterocycles. The van der Waals surface area contributed by atoms with Gasteiger partial charge in [-0.2, -0.15) is 0 Å². The van der Waals surface area contributed by atoms with Gasteiger partial charge in [0.05, 0.1) is 11.0 Å². The summed E-state index contributed by atoms with van der Waals surface area (Å²) in [5, 5.41) is 2.73. The van der Waals surface area contributed by atoms with Gasteiger partial charge in [-0.1, -0.05) is 13.0 Å². The topological polar surface area (TPSA) is 67.2 Å². The van der Waals surface area contributed by atoms with E-state index >= 15 is 0 Å². The van der Waals surface area contributed by atoms with Crippen LogP contribution in [0.5, 0.6) is 0 Å². The minimum atomic E-state index is -0.270. The molecule has 0 atom stereocenters. The largest absolute Gasteiger partial charge is 0.305 e. The minimum Gasteiger partial charge on any atom is -0.305 e. The zero-order valence-corrected chi connectivity index (χ0v) is 11.5. The normalized spacial score (nSPS) is 12.0. The van der Waals surface area contributed by atoms with Crippen molar-refractivity contribution in [1.29, 1.82) is 0 Å². The molecule has 0 saturated heterocycles. The van der Waals surface area contributed by atoms with Crippen molar-refractivity contribution in [3.05, 3.63) is 42.6 Å². The van der Waals surface area contributed by atoms with Crippen LogP contribution < -0.4 is 5.32 Å². The number of hydrogen-bond acceptors (Lipinski definition) is 4. The van der Waals surface area contributed by atoms with Crippen LogP contribution in [0.1, 0.15) is 13.3 Å². The van der Waals surface area contributed by atoms with Gasteiger partial charge in [-0.05, 0) is 36.8 Å². The van der Waals surface area contributed by atoms with Gasteiger partial charge in [0.25, 0.3) is 5.91 Å². The Morgan fingerprint density at radius 1 is 1.35 bits per heavy atom. The summed E-state index contributed by atoms with van der Waals surface area (Å²) in [5.41, 5.74) is 1.91. The second-order valence-electron chi connectivity index (χ2n) is 4.11. The van der Waals surface area contributed by atoms with E-state index in [4.69, 9.17) is 0 Å². The fourth-order valence-electron chi connectivity index (χ4n) is 1.69. The first kappa shape index (κ1) is 13.9. The van der Waals surface area contributed by atoms with E-state index in [-0.39, 0.29) is 5.91 Å². The van der Waals surface area contributed by atoms with E-state index in [1.807, 2.05) is 31.2 Å². The van der Waals surface area contributed by atoms with Crippen LogP contribution in [-0.4, -0.2) is 28.6 Å². The minimum absolute atomic E-state index is 0.270. The zero-order chi connectivity index (χ0) is 14.4. The highest BCUT2D eigenvalue weighted by Gasteiger charge is 2.08. The quantitative estimate of drug-likeness (QED) is 0.867. The molecule has 0 saturated carbocycles. The van der Waals surface area contributed by atoms with E-state index in [1.165, 1.54) is 0 Å². The Bertz CT molecular complexity index is 676. The van der Waals surface area contributed by atoms with Crippen molar-refractivity contribution < 1.29 is 4.79 Å². The van der Waals surface area contributed by atoms with Gasteiger partial charge in [-0.15, -0.1) is 0 Å². The summed E-state index contributed by atoms with van der Waals surface area (Å²) in [4.78, 5) is 24.5. The number of anilines is 1. The van der Waals surface area contributed by atoms with Crippen molar-refractivity contribution >= 4 is 28.5 Å². The summed E-state index contributed by atoms with van der Waals surface area (Å²) in [7, 11) is 1.59. The molecule has 0 aromatic carbocycles. The lowest BCUT2D eigenvalue weighted by molar-refractivity contribution is -0.110. The molecule has 0 unspecified atom stereocenters. The molecule has 0 aliphatic carbocycles. The van der Waals surface area contributed by atoms with Crippen LogP contribution in [0, 0.1) is 0 Å². The van der Waals surface area contributed by atoms with Gasteiger partial charge in [0, 0.05) is 13.2 Å². The number of carbonyl (C=O) groups is 1. The average molecular weight is 268 g/mol. The van der Waals surface area contributed by atoms with Crippen LogP contribution >= 0.6 is 0 Å². The van der Waals surface area contributed by atoms with Gasteiger partial charge in [-0.3, -0.25) is 14.8 Å². The molecule has 1 N–H and O–H groups in total. The Balaban J connectivity index is 2.19. The predicted molar refractivity (Wildman–Crippen MR) is 81.0 cm³/mol. The fraction of sp³-hybridized carbons (Fsp3) is 0.200. The van der Waals surface area contributed by atoms with E-state index < -0.39 is 0 Å². The summed E-state index contributed by atoms with van der Waals surface area (Å²) in [6.07, 6.45) is 6.16. The molecule has 1 amide bonds. The summed E-state index contributed by atoms with van der Waals surface area (Å²) in [6, 6.07) is 7.21. The Kier molecular flexibility index (Phi) is 4.55. The standard InChI is InChI=1S/C15H16N4O/c1-3-4-6-13(16-2)15(20)19-14-9-8-11-12(18-14)7-5-10-17-11/h4-10H,3H2,1-2H3,(H,18,19,20)/b6-4-,16-13?. The van der Waals surface area contributed by atoms with Crippen molar-refractivity contribution in [1.82, 2.24) is 9.97 Å². The molecule has 20 heavy (non-hydrogen) atoms. The molecular weight excluding hydrogens is 252 g/mol. The van der Waals surface area contributed by atoms with Crippen LogP contribution in [0.25, 0.3) is 11.0 Å². The number of pyridine rings is 2. The summed E-state index contributed by atoms with van der Waals surface area (Å²) in [5.74, 6) is 0.217. The molecule has 0 spiro atoms. The predicted octanol–water partition coefficient (Wildman–Crippen LogP) is 2.61. The SMILES string of the molecule is CC/C=C\C(=NC)C(=O)Nc1ccc2ncccc2n1. The molecule has 0 fully saturated rings. The molecule has 2 rings (SSSR count). The van der Waals surface area contributed by atoms with Crippen LogP contribution in [-0.2, 0) is 4.79 Å². The Morgan fingerprint density at radius 3 is 2.95 bits per heavy atom. The number of hydrogen-bond donors (Lipinski definition) is 1. The lowest BCUT2D eigenvalue weighted by Gasteiger charge is -2.05. The first-order valence-corrected chi connectivity index (χ1v) is 6.41. The molecule has 102 valence electrons. The third kappa shape index (κ3) is 3.26.